The molecule has 0 aliphatic carbocycles. The van der Waals surface area contributed by atoms with Gasteiger partial charge in [-0.2, -0.15) is 0 Å². The van der Waals surface area contributed by atoms with E-state index in [9.17, 15) is 0 Å². The molecule has 1 heterocycles. The maximum Gasteiger partial charge on any atom is 0.0591 e. The van der Waals surface area contributed by atoms with Crippen LogP contribution in [0.1, 0.15) is 11.3 Å². The number of nitrogens with one attached hydrogen (secondary N) is 1. The minimum atomic E-state index is 0.755. The van der Waals surface area contributed by atoms with Crippen molar-refractivity contribution in [3.8, 4) is 11.1 Å². The van der Waals surface area contributed by atoms with E-state index in [1.165, 1.54) is 16.0 Å². The molecule has 0 saturated heterocycles. The van der Waals surface area contributed by atoms with Crippen LogP contribution in [-0.4, -0.2) is 19.8 Å². The lowest BCUT2D eigenvalue weighted by Gasteiger charge is -2.03. The second-order valence-electron chi connectivity index (χ2n) is 4.53. The fourth-order valence-electron chi connectivity index (χ4n) is 1.88. The second-order valence-corrected chi connectivity index (χ2v) is 5.53. The van der Waals surface area contributed by atoms with E-state index in [0.29, 0.717) is 0 Å². The third kappa shape index (κ3) is 4.93. The number of ether oxygens (including phenoxy) is 1. The van der Waals surface area contributed by atoms with Crippen molar-refractivity contribution in [3.05, 3.63) is 59.3 Å². The molecule has 0 aliphatic rings. The largest absolute Gasteiger partial charge is 0.380 e. The zero-order valence-electron chi connectivity index (χ0n) is 11.7. The average Bonchev–Trinajstić information content (AvgIpc) is 2.96. The summed E-state index contributed by atoms with van der Waals surface area (Å²) >= 11 is 1.80. The van der Waals surface area contributed by atoms with E-state index in [1.807, 2.05) is 12.1 Å². The topological polar surface area (TPSA) is 21.3 Å². The number of hydrogen-bond donors (Lipinski definition) is 1. The molecule has 0 amide bonds. The predicted molar refractivity (Wildman–Crippen MR) is 87.1 cm³/mol. The average molecular weight is 287 g/mol. The summed E-state index contributed by atoms with van der Waals surface area (Å²) in [6.07, 6.45) is 2.80. The maximum atomic E-state index is 5.46. The van der Waals surface area contributed by atoms with Gasteiger partial charge in [0.15, 0.2) is 0 Å². The lowest BCUT2D eigenvalue weighted by atomic mass is 10.1. The molecule has 0 fully saturated rings. The highest BCUT2D eigenvalue weighted by atomic mass is 32.1. The Kier molecular flexibility index (Phi) is 6.51. The predicted octanol–water partition coefficient (Wildman–Crippen LogP) is 4.10. The molecule has 0 saturated carbocycles. The molecule has 2 aromatic rings. The van der Waals surface area contributed by atoms with Crippen LogP contribution in [0.3, 0.4) is 0 Å². The summed E-state index contributed by atoms with van der Waals surface area (Å²) in [5.74, 6) is 0. The zero-order chi connectivity index (χ0) is 14.0. The third-order valence-electron chi connectivity index (χ3n) is 2.95. The Bertz CT molecular complexity index is 507. The Labute approximate surface area is 125 Å². The fraction of sp³-hybridized carbons (Fsp3) is 0.294. The number of benzene rings is 1. The van der Waals surface area contributed by atoms with Gasteiger partial charge in [-0.05, 0) is 29.0 Å². The van der Waals surface area contributed by atoms with Crippen molar-refractivity contribution in [2.24, 2.45) is 0 Å². The quantitative estimate of drug-likeness (QED) is 0.554. The van der Waals surface area contributed by atoms with Crippen LogP contribution in [0.4, 0.5) is 0 Å². The van der Waals surface area contributed by atoms with Crippen molar-refractivity contribution < 1.29 is 4.74 Å². The summed E-state index contributed by atoms with van der Waals surface area (Å²) < 4.78 is 5.46. The van der Waals surface area contributed by atoms with Crippen molar-refractivity contribution in [1.29, 1.82) is 0 Å². The first kappa shape index (κ1) is 15.0. The SMILES string of the molecule is C=CCCOCCNCc1cc(-c2ccccc2)cs1. The van der Waals surface area contributed by atoms with E-state index in [4.69, 9.17) is 4.74 Å². The van der Waals surface area contributed by atoms with Crippen LogP contribution in [0, 0.1) is 0 Å². The Balaban J connectivity index is 1.70. The highest BCUT2D eigenvalue weighted by molar-refractivity contribution is 7.10. The van der Waals surface area contributed by atoms with Crippen molar-refractivity contribution in [3.63, 3.8) is 0 Å². The van der Waals surface area contributed by atoms with Gasteiger partial charge in [-0.15, -0.1) is 17.9 Å². The van der Waals surface area contributed by atoms with E-state index >= 15 is 0 Å². The highest BCUT2D eigenvalue weighted by Crippen LogP contribution is 2.25. The summed E-state index contributed by atoms with van der Waals surface area (Å²) in [4.78, 5) is 1.36. The molecule has 1 N–H and O–H groups in total. The summed E-state index contributed by atoms with van der Waals surface area (Å²) in [5, 5.41) is 5.62. The van der Waals surface area contributed by atoms with E-state index < -0.39 is 0 Å². The molecule has 0 aliphatic heterocycles. The van der Waals surface area contributed by atoms with Gasteiger partial charge in [0, 0.05) is 18.0 Å². The molecule has 0 radical (unpaired) electrons. The van der Waals surface area contributed by atoms with Crippen LogP contribution in [0.2, 0.25) is 0 Å². The van der Waals surface area contributed by atoms with Gasteiger partial charge >= 0.3 is 0 Å². The maximum absolute atomic E-state index is 5.46. The fourth-order valence-corrected chi connectivity index (χ4v) is 2.74. The molecule has 106 valence electrons. The summed E-state index contributed by atoms with van der Waals surface area (Å²) in [5.41, 5.74) is 2.58. The van der Waals surface area contributed by atoms with Crippen LogP contribution in [0.5, 0.6) is 0 Å². The first-order valence-corrected chi connectivity index (χ1v) is 7.80. The number of thiophene rings is 1. The van der Waals surface area contributed by atoms with Crippen LogP contribution in [0.25, 0.3) is 11.1 Å². The Morgan fingerprint density at radius 1 is 1.15 bits per heavy atom. The van der Waals surface area contributed by atoms with E-state index in [1.54, 1.807) is 11.3 Å². The second kappa shape index (κ2) is 8.69. The van der Waals surface area contributed by atoms with E-state index in [-0.39, 0.29) is 0 Å². The first-order chi connectivity index (χ1) is 9.90. The van der Waals surface area contributed by atoms with Crippen LogP contribution < -0.4 is 5.32 Å². The Hall–Kier alpha value is -1.42. The molecular formula is C17H21NOS. The van der Waals surface area contributed by atoms with Crippen molar-refractivity contribution in [2.45, 2.75) is 13.0 Å². The van der Waals surface area contributed by atoms with Crippen molar-refractivity contribution >= 4 is 11.3 Å². The van der Waals surface area contributed by atoms with Gasteiger partial charge < -0.3 is 10.1 Å². The molecule has 2 nitrogen and oxygen atoms in total. The highest BCUT2D eigenvalue weighted by Gasteiger charge is 2.01. The van der Waals surface area contributed by atoms with Gasteiger partial charge in [-0.3, -0.25) is 0 Å². The molecule has 3 heteroatoms. The van der Waals surface area contributed by atoms with Gasteiger partial charge in [0.2, 0.25) is 0 Å². The molecule has 0 atom stereocenters. The minimum Gasteiger partial charge on any atom is -0.380 e. The molecule has 0 bridgehead atoms. The molecule has 0 spiro atoms. The molecule has 2 rings (SSSR count). The molecule has 1 aromatic carbocycles. The summed E-state index contributed by atoms with van der Waals surface area (Å²) in [6.45, 7) is 6.98. The summed E-state index contributed by atoms with van der Waals surface area (Å²) in [6, 6.07) is 12.7. The zero-order valence-corrected chi connectivity index (χ0v) is 12.5. The Morgan fingerprint density at radius 3 is 2.80 bits per heavy atom. The van der Waals surface area contributed by atoms with E-state index in [0.717, 1.165) is 32.7 Å². The number of rotatable bonds is 9. The molecular weight excluding hydrogens is 266 g/mol. The van der Waals surface area contributed by atoms with Gasteiger partial charge in [0.25, 0.3) is 0 Å². The van der Waals surface area contributed by atoms with Gasteiger partial charge in [0.1, 0.15) is 0 Å². The standard InChI is InChI=1S/C17H21NOS/c1-2-3-10-19-11-9-18-13-17-12-16(14-20-17)15-7-5-4-6-8-15/h2,4-8,12,14,18H,1,3,9-11,13H2. The lowest BCUT2D eigenvalue weighted by Crippen LogP contribution is -2.18. The molecule has 1 aromatic heterocycles. The van der Waals surface area contributed by atoms with Crippen LogP contribution in [-0.2, 0) is 11.3 Å². The lowest BCUT2D eigenvalue weighted by molar-refractivity contribution is 0.140. The minimum absolute atomic E-state index is 0.755. The first-order valence-electron chi connectivity index (χ1n) is 6.92. The molecule has 20 heavy (non-hydrogen) atoms. The van der Waals surface area contributed by atoms with Crippen LogP contribution in [0.15, 0.2) is 54.4 Å². The van der Waals surface area contributed by atoms with Gasteiger partial charge in [-0.25, -0.2) is 0 Å². The Morgan fingerprint density at radius 2 is 2.00 bits per heavy atom. The van der Waals surface area contributed by atoms with Crippen molar-refractivity contribution in [2.75, 3.05) is 19.8 Å². The monoisotopic (exact) mass is 287 g/mol. The number of hydrogen-bond acceptors (Lipinski definition) is 3. The van der Waals surface area contributed by atoms with E-state index in [2.05, 4.69) is 47.6 Å². The third-order valence-corrected chi connectivity index (χ3v) is 3.89. The normalized spacial score (nSPS) is 10.6. The summed E-state index contributed by atoms with van der Waals surface area (Å²) in [7, 11) is 0. The molecule has 0 unspecified atom stereocenters. The van der Waals surface area contributed by atoms with Gasteiger partial charge in [-0.1, -0.05) is 36.4 Å². The smallest absolute Gasteiger partial charge is 0.0591 e. The van der Waals surface area contributed by atoms with Gasteiger partial charge in [0.05, 0.1) is 13.2 Å². The van der Waals surface area contributed by atoms with Crippen LogP contribution >= 0.6 is 11.3 Å². The van der Waals surface area contributed by atoms with Crippen molar-refractivity contribution in [1.82, 2.24) is 5.32 Å².